The maximum Gasteiger partial charge on any atom is 0.308 e. The van der Waals surface area contributed by atoms with Crippen molar-refractivity contribution in [2.24, 2.45) is 5.10 Å². The normalized spacial score (nSPS) is 16.1. The molecular formula is C18H14BrClN2O4. The van der Waals surface area contributed by atoms with Crippen molar-refractivity contribution in [3.63, 3.8) is 0 Å². The Kier molecular flexibility index (Phi) is 5.29. The molecule has 0 spiro atoms. The minimum Gasteiger partial charge on any atom is -0.446 e. The summed E-state index contributed by atoms with van der Waals surface area (Å²) in [6.07, 6.45) is -0.732. The van der Waals surface area contributed by atoms with Crippen molar-refractivity contribution < 1.29 is 19.1 Å². The first kappa shape index (κ1) is 18.4. The van der Waals surface area contributed by atoms with Gasteiger partial charge in [0.05, 0.1) is 5.56 Å². The number of hydrogen-bond acceptors (Lipinski definition) is 5. The number of benzene rings is 2. The molecule has 26 heavy (non-hydrogen) atoms. The van der Waals surface area contributed by atoms with Gasteiger partial charge in [0.1, 0.15) is 5.75 Å². The molecule has 6 nitrogen and oxygen atoms in total. The summed E-state index contributed by atoms with van der Waals surface area (Å²) in [4.78, 5) is 23.4. The Morgan fingerprint density at radius 2 is 1.88 bits per heavy atom. The summed E-state index contributed by atoms with van der Waals surface area (Å²) >= 11 is 9.30. The van der Waals surface area contributed by atoms with Crippen LogP contribution in [0.25, 0.3) is 0 Å². The highest BCUT2D eigenvalue weighted by Gasteiger charge is 2.34. The second-order valence-corrected chi connectivity index (χ2v) is 6.88. The minimum absolute atomic E-state index is 0.178. The van der Waals surface area contributed by atoms with Crippen molar-refractivity contribution >= 4 is 45.3 Å². The van der Waals surface area contributed by atoms with Crippen LogP contribution in [0.4, 0.5) is 0 Å². The highest BCUT2D eigenvalue weighted by atomic mass is 79.9. The van der Waals surface area contributed by atoms with Crippen LogP contribution in [-0.4, -0.2) is 22.8 Å². The van der Waals surface area contributed by atoms with Gasteiger partial charge in [-0.2, -0.15) is 5.01 Å². The SMILES string of the molecule is CC(=O)Oc1ccc(Br)cc1C1=NN(C(C)=O)[C@@H](c2ccc(Cl)cc2)O1. The van der Waals surface area contributed by atoms with Gasteiger partial charge in [-0.25, -0.2) is 0 Å². The number of esters is 1. The van der Waals surface area contributed by atoms with E-state index in [0.717, 1.165) is 4.47 Å². The molecule has 1 aliphatic heterocycles. The van der Waals surface area contributed by atoms with Gasteiger partial charge >= 0.3 is 5.97 Å². The van der Waals surface area contributed by atoms with E-state index in [9.17, 15) is 9.59 Å². The summed E-state index contributed by atoms with van der Waals surface area (Å²) in [6, 6.07) is 12.0. The van der Waals surface area contributed by atoms with E-state index in [1.54, 1.807) is 42.5 Å². The lowest BCUT2D eigenvalue weighted by atomic mass is 10.2. The number of hydrogen-bond donors (Lipinski definition) is 0. The predicted octanol–water partition coefficient (Wildman–Crippen LogP) is 4.27. The molecule has 0 aliphatic carbocycles. The Hall–Kier alpha value is -2.38. The number of nitrogens with zero attached hydrogens (tertiary/aromatic N) is 2. The lowest BCUT2D eigenvalue weighted by Crippen LogP contribution is -2.25. The van der Waals surface area contributed by atoms with Gasteiger partial charge in [-0.3, -0.25) is 9.59 Å². The standard InChI is InChI=1S/C18H14BrClN2O4/c1-10(23)22-18(12-3-6-14(20)7-4-12)26-17(21-22)15-9-13(19)5-8-16(15)25-11(2)24/h3-9,18H,1-2H3/t18-/m1/s1. The molecule has 0 saturated heterocycles. The maximum absolute atomic E-state index is 12.0. The van der Waals surface area contributed by atoms with E-state index in [-0.39, 0.29) is 11.8 Å². The molecule has 0 aromatic heterocycles. The Morgan fingerprint density at radius 1 is 1.19 bits per heavy atom. The molecule has 1 aliphatic rings. The lowest BCUT2D eigenvalue weighted by molar-refractivity contribution is -0.135. The molecule has 0 unspecified atom stereocenters. The zero-order valence-electron chi connectivity index (χ0n) is 13.9. The number of ether oxygens (including phenoxy) is 2. The molecule has 2 aromatic carbocycles. The molecule has 0 radical (unpaired) electrons. The summed E-state index contributed by atoms with van der Waals surface area (Å²) in [5.41, 5.74) is 1.17. The monoisotopic (exact) mass is 436 g/mol. The minimum atomic E-state index is -0.732. The van der Waals surface area contributed by atoms with Gasteiger partial charge in [-0.1, -0.05) is 39.7 Å². The lowest BCUT2D eigenvalue weighted by Gasteiger charge is -2.19. The molecule has 1 atom stereocenters. The molecule has 0 saturated carbocycles. The van der Waals surface area contributed by atoms with Gasteiger partial charge in [0.15, 0.2) is 0 Å². The van der Waals surface area contributed by atoms with Crippen LogP contribution >= 0.6 is 27.5 Å². The Balaban J connectivity index is 2.00. The molecular weight excluding hydrogens is 424 g/mol. The van der Waals surface area contributed by atoms with E-state index >= 15 is 0 Å². The van der Waals surface area contributed by atoms with Crippen LogP contribution < -0.4 is 4.74 Å². The number of carbonyl (C=O) groups excluding carboxylic acids is 2. The third-order valence-electron chi connectivity index (χ3n) is 3.55. The number of amides is 1. The highest BCUT2D eigenvalue weighted by molar-refractivity contribution is 9.10. The zero-order valence-corrected chi connectivity index (χ0v) is 16.2. The van der Waals surface area contributed by atoms with Crippen molar-refractivity contribution in [2.75, 3.05) is 0 Å². The molecule has 8 heteroatoms. The molecule has 0 bridgehead atoms. The van der Waals surface area contributed by atoms with Gasteiger partial charge in [0.25, 0.3) is 0 Å². The third kappa shape index (κ3) is 3.89. The summed E-state index contributed by atoms with van der Waals surface area (Å²) in [7, 11) is 0. The smallest absolute Gasteiger partial charge is 0.308 e. The molecule has 3 rings (SSSR count). The van der Waals surface area contributed by atoms with Crippen molar-refractivity contribution in [3.05, 3.63) is 63.1 Å². The molecule has 2 aromatic rings. The van der Waals surface area contributed by atoms with Gasteiger partial charge in [-0.05, 0) is 30.3 Å². The van der Waals surface area contributed by atoms with E-state index in [1.165, 1.54) is 18.9 Å². The van der Waals surface area contributed by atoms with E-state index < -0.39 is 12.2 Å². The topological polar surface area (TPSA) is 68.2 Å². The predicted molar refractivity (Wildman–Crippen MR) is 99.8 cm³/mol. The molecule has 1 amide bonds. The van der Waals surface area contributed by atoms with Crippen LogP contribution in [0.5, 0.6) is 5.75 Å². The van der Waals surface area contributed by atoms with Gasteiger partial charge in [-0.15, -0.1) is 5.10 Å². The van der Waals surface area contributed by atoms with Crippen LogP contribution in [0.2, 0.25) is 5.02 Å². The van der Waals surface area contributed by atoms with Crippen molar-refractivity contribution in [1.82, 2.24) is 5.01 Å². The van der Waals surface area contributed by atoms with Gasteiger partial charge in [0, 0.05) is 28.9 Å². The van der Waals surface area contributed by atoms with Gasteiger partial charge in [0.2, 0.25) is 18.0 Å². The number of halogens is 2. The first-order valence-electron chi connectivity index (χ1n) is 7.64. The summed E-state index contributed by atoms with van der Waals surface area (Å²) in [5, 5.41) is 6.09. The quantitative estimate of drug-likeness (QED) is 0.531. The zero-order chi connectivity index (χ0) is 18.8. The summed E-state index contributed by atoms with van der Waals surface area (Å²) in [6.45, 7) is 2.70. The van der Waals surface area contributed by atoms with E-state index in [1.807, 2.05) is 0 Å². The van der Waals surface area contributed by atoms with Crippen molar-refractivity contribution in [3.8, 4) is 5.75 Å². The van der Waals surface area contributed by atoms with Crippen LogP contribution in [0, 0.1) is 0 Å². The Labute approximate surface area is 163 Å². The fourth-order valence-corrected chi connectivity index (χ4v) is 2.92. The largest absolute Gasteiger partial charge is 0.446 e. The second-order valence-electron chi connectivity index (χ2n) is 5.52. The van der Waals surface area contributed by atoms with Crippen LogP contribution in [0.3, 0.4) is 0 Å². The summed E-state index contributed by atoms with van der Waals surface area (Å²) in [5.74, 6) is -0.286. The number of hydrazone groups is 1. The Morgan fingerprint density at radius 3 is 2.50 bits per heavy atom. The molecule has 0 N–H and O–H groups in total. The van der Waals surface area contributed by atoms with E-state index in [2.05, 4.69) is 21.0 Å². The van der Waals surface area contributed by atoms with Crippen LogP contribution in [-0.2, 0) is 14.3 Å². The van der Waals surface area contributed by atoms with Crippen molar-refractivity contribution in [2.45, 2.75) is 20.1 Å². The fraction of sp³-hybridized carbons (Fsp3) is 0.167. The Bertz CT molecular complexity index is 899. The van der Waals surface area contributed by atoms with E-state index in [0.29, 0.717) is 21.9 Å². The third-order valence-corrected chi connectivity index (χ3v) is 4.29. The summed E-state index contributed by atoms with van der Waals surface area (Å²) < 4.78 is 11.9. The average Bonchev–Trinajstić information content (AvgIpc) is 3.02. The first-order valence-corrected chi connectivity index (χ1v) is 8.81. The first-order chi connectivity index (χ1) is 12.3. The highest BCUT2D eigenvalue weighted by Crippen LogP contribution is 2.34. The van der Waals surface area contributed by atoms with Crippen LogP contribution in [0.1, 0.15) is 31.2 Å². The number of rotatable bonds is 3. The van der Waals surface area contributed by atoms with Gasteiger partial charge < -0.3 is 9.47 Å². The number of carbonyl (C=O) groups is 2. The van der Waals surface area contributed by atoms with E-state index in [4.69, 9.17) is 21.1 Å². The van der Waals surface area contributed by atoms with Crippen molar-refractivity contribution in [1.29, 1.82) is 0 Å². The molecule has 134 valence electrons. The maximum atomic E-state index is 12.0. The fourth-order valence-electron chi connectivity index (χ4n) is 2.43. The molecule has 1 heterocycles. The second kappa shape index (κ2) is 7.47. The average molecular weight is 438 g/mol. The molecule has 0 fully saturated rings. The van der Waals surface area contributed by atoms with Crippen LogP contribution in [0.15, 0.2) is 52.0 Å².